The summed E-state index contributed by atoms with van der Waals surface area (Å²) < 4.78 is 0. The molecule has 0 aromatic rings. The van der Waals surface area contributed by atoms with Crippen molar-refractivity contribution in [3.05, 3.63) is 0 Å². The second kappa shape index (κ2) is 5.17. The van der Waals surface area contributed by atoms with Crippen LogP contribution in [0.3, 0.4) is 0 Å². The van der Waals surface area contributed by atoms with Gasteiger partial charge in [0.15, 0.2) is 0 Å². The molecule has 0 aromatic carbocycles. The first-order chi connectivity index (χ1) is 7.72. The minimum Gasteiger partial charge on any atom is -0.481 e. The molecule has 0 saturated heterocycles. The van der Waals surface area contributed by atoms with Crippen molar-refractivity contribution < 1.29 is 9.90 Å². The zero-order valence-electron chi connectivity index (χ0n) is 10.1. The normalized spacial score (nSPS) is 39.1. The van der Waals surface area contributed by atoms with Crippen LogP contribution < -0.4 is 5.32 Å². The standard InChI is InChI=1S/C13H23NO2/c1-2-9-5-3-4-6-11(9)14-12-8-7-10(12)13(15)16/h9-12,14H,2-8H2,1H3,(H,15,16). The lowest BCUT2D eigenvalue weighted by Crippen LogP contribution is -2.53. The van der Waals surface area contributed by atoms with E-state index in [0.29, 0.717) is 6.04 Å². The van der Waals surface area contributed by atoms with Crippen LogP contribution in [0.25, 0.3) is 0 Å². The summed E-state index contributed by atoms with van der Waals surface area (Å²) in [5.41, 5.74) is 0. The molecule has 2 rings (SSSR count). The number of carbonyl (C=O) groups is 1. The van der Waals surface area contributed by atoms with E-state index in [2.05, 4.69) is 12.2 Å². The number of nitrogens with one attached hydrogen (secondary N) is 1. The Morgan fingerprint density at radius 1 is 1.19 bits per heavy atom. The van der Waals surface area contributed by atoms with Crippen LogP contribution in [0.4, 0.5) is 0 Å². The summed E-state index contributed by atoms with van der Waals surface area (Å²) in [6, 6.07) is 0.820. The van der Waals surface area contributed by atoms with E-state index < -0.39 is 5.97 Å². The number of carboxylic acids is 1. The van der Waals surface area contributed by atoms with E-state index in [4.69, 9.17) is 5.11 Å². The molecule has 2 N–H and O–H groups in total. The van der Waals surface area contributed by atoms with Gasteiger partial charge in [0.2, 0.25) is 0 Å². The first-order valence-corrected chi connectivity index (χ1v) is 6.71. The Balaban J connectivity index is 1.85. The number of hydrogen-bond donors (Lipinski definition) is 2. The van der Waals surface area contributed by atoms with Gasteiger partial charge < -0.3 is 10.4 Å². The maximum Gasteiger partial charge on any atom is 0.308 e. The summed E-state index contributed by atoms with van der Waals surface area (Å²) in [4.78, 5) is 10.9. The van der Waals surface area contributed by atoms with Gasteiger partial charge in [0.1, 0.15) is 0 Å². The fourth-order valence-electron chi connectivity index (χ4n) is 3.19. The van der Waals surface area contributed by atoms with Crippen LogP contribution in [0.15, 0.2) is 0 Å². The minimum absolute atomic E-state index is 0.126. The molecule has 0 bridgehead atoms. The van der Waals surface area contributed by atoms with E-state index in [-0.39, 0.29) is 12.0 Å². The van der Waals surface area contributed by atoms with Crippen LogP contribution in [0.5, 0.6) is 0 Å². The molecule has 4 atom stereocenters. The van der Waals surface area contributed by atoms with Crippen LogP contribution in [0, 0.1) is 11.8 Å². The maximum atomic E-state index is 10.9. The fraction of sp³-hybridized carbons (Fsp3) is 0.923. The zero-order chi connectivity index (χ0) is 11.5. The van der Waals surface area contributed by atoms with Gasteiger partial charge in [-0.1, -0.05) is 26.2 Å². The third-order valence-corrected chi connectivity index (χ3v) is 4.45. The number of rotatable bonds is 4. The molecule has 0 spiro atoms. The SMILES string of the molecule is CCC1CCCCC1NC1CCC1C(=O)O. The van der Waals surface area contributed by atoms with Gasteiger partial charge in [-0.3, -0.25) is 4.79 Å². The first kappa shape index (κ1) is 11.9. The van der Waals surface area contributed by atoms with Crippen molar-refractivity contribution in [1.29, 1.82) is 0 Å². The number of aliphatic carboxylic acids is 1. The van der Waals surface area contributed by atoms with E-state index in [1.807, 2.05) is 0 Å². The summed E-state index contributed by atoms with van der Waals surface area (Å²) in [6.45, 7) is 2.25. The smallest absolute Gasteiger partial charge is 0.308 e. The van der Waals surface area contributed by atoms with Gasteiger partial charge in [0, 0.05) is 12.1 Å². The Hall–Kier alpha value is -0.570. The summed E-state index contributed by atoms with van der Waals surface area (Å²) in [6.07, 6.45) is 8.34. The molecule has 16 heavy (non-hydrogen) atoms. The van der Waals surface area contributed by atoms with Crippen LogP contribution in [-0.2, 0) is 4.79 Å². The monoisotopic (exact) mass is 225 g/mol. The van der Waals surface area contributed by atoms with Gasteiger partial charge in [-0.05, 0) is 31.6 Å². The summed E-state index contributed by atoms with van der Waals surface area (Å²) >= 11 is 0. The lowest BCUT2D eigenvalue weighted by Gasteiger charge is -2.41. The van der Waals surface area contributed by atoms with Crippen molar-refractivity contribution >= 4 is 5.97 Å². The predicted octanol–water partition coefficient (Wildman–Crippen LogP) is 2.41. The van der Waals surface area contributed by atoms with Crippen molar-refractivity contribution in [3.63, 3.8) is 0 Å². The van der Waals surface area contributed by atoms with Crippen molar-refractivity contribution in [2.75, 3.05) is 0 Å². The topological polar surface area (TPSA) is 49.3 Å². The number of hydrogen-bond acceptors (Lipinski definition) is 2. The summed E-state index contributed by atoms with van der Waals surface area (Å²) in [7, 11) is 0. The Morgan fingerprint density at radius 3 is 2.50 bits per heavy atom. The third-order valence-electron chi connectivity index (χ3n) is 4.45. The highest BCUT2D eigenvalue weighted by Crippen LogP contribution is 2.32. The molecule has 0 radical (unpaired) electrons. The van der Waals surface area contributed by atoms with E-state index in [1.165, 1.54) is 32.1 Å². The van der Waals surface area contributed by atoms with Crippen molar-refractivity contribution in [2.45, 2.75) is 64.0 Å². The molecule has 2 fully saturated rings. The first-order valence-electron chi connectivity index (χ1n) is 6.71. The Labute approximate surface area is 97.6 Å². The van der Waals surface area contributed by atoms with Crippen LogP contribution >= 0.6 is 0 Å². The van der Waals surface area contributed by atoms with Gasteiger partial charge in [0.25, 0.3) is 0 Å². The average Bonchev–Trinajstić information content (AvgIpc) is 2.24. The predicted molar refractivity (Wildman–Crippen MR) is 63.3 cm³/mol. The van der Waals surface area contributed by atoms with E-state index in [9.17, 15) is 4.79 Å². The third kappa shape index (κ3) is 2.40. The van der Waals surface area contributed by atoms with Gasteiger partial charge in [-0.15, -0.1) is 0 Å². The van der Waals surface area contributed by atoms with Gasteiger partial charge >= 0.3 is 5.97 Å². The molecule has 92 valence electrons. The molecule has 0 amide bonds. The van der Waals surface area contributed by atoms with Crippen molar-refractivity contribution in [3.8, 4) is 0 Å². The molecular formula is C13H23NO2. The molecular weight excluding hydrogens is 202 g/mol. The van der Waals surface area contributed by atoms with Gasteiger partial charge in [0.05, 0.1) is 5.92 Å². The molecule has 2 aliphatic rings. The minimum atomic E-state index is -0.618. The summed E-state index contributed by atoms with van der Waals surface area (Å²) in [5.74, 6) is 0.0239. The molecule has 3 heteroatoms. The van der Waals surface area contributed by atoms with Gasteiger partial charge in [-0.2, -0.15) is 0 Å². The van der Waals surface area contributed by atoms with Crippen molar-refractivity contribution in [2.24, 2.45) is 11.8 Å². The van der Waals surface area contributed by atoms with Crippen LogP contribution in [0.1, 0.15) is 51.9 Å². The molecule has 2 aliphatic carbocycles. The molecule has 0 aliphatic heterocycles. The molecule has 0 aromatic heterocycles. The average molecular weight is 225 g/mol. The summed E-state index contributed by atoms with van der Waals surface area (Å²) in [5, 5.41) is 12.6. The molecule has 2 saturated carbocycles. The number of carboxylic acid groups (broad SMARTS) is 1. The second-order valence-corrected chi connectivity index (χ2v) is 5.35. The zero-order valence-corrected chi connectivity index (χ0v) is 10.1. The molecule has 0 heterocycles. The van der Waals surface area contributed by atoms with E-state index in [1.54, 1.807) is 0 Å². The highest BCUT2D eigenvalue weighted by atomic mass is 16.4. The second-order valence-electron chi connectivity index (χ2n) is 5.35. The molecule has 4 unspecified atom stereocenters. The Morgan fingerprint density at radius 2 is 1.94 bits per heavy atom. The highest BCUT2D eigenvalue weighted by Gasteiger charge is 2.38. The van der Waals surface area contributed by atoms with E-state index in [0.717, 1.165) is 18.8 Å². The Kier molecular flexibility index (Phi) is 3.85. The van der Waals surface area contributed by atoms with Gasteiger partial charge in [-0.25, -0.2) is 0 Å². The van der Waals surface area contributed by atoms with Crippen LogP contribution in [0.2, 0.25) is 0 Å². The maximum absolute atomic E-state index is 10.9. The quantitative estimate of drug-likeness (QED) is 0.772. The fourth-order valence-corrected chi connectivity index (χ4v) is 3.19. The highest BCUT2D eigenvalue weighted by molar-refractivity contribution is 5.72. The van der Waals surface area contributed by atoms with E-state index >= 15 is 0 Å². The van der Waals surface area contributed by atoms with Crippen molar-refractivity contribution in [1.82, 2.24) is 5.32 Å². The molecule has 3 nitrogen and oxygen atoms in total. The largest absolute Gasteiger partial charge is 0.481 e. The lowest BCUT2D eigenvalue weighted by atomic mass is 9.76. The Bertz CT molecular complexity index is 254. The lowest BCUT2D eigenvalue weighted by molar-refractivity contribution is -0.146. The van der Waals surface area contributed by atoms with Crippen LogP contribution in [-0.4, -0.2) is 23.2 Å².